The van der Waals surface area contributed by atoms with E-state index in [4.69, 9.17) is 10.3 Å². The molecule has 4 aliphatic carbocycles. The van der Waals surface area contributed by atoms with Gasteiger partial charge in [0.1, 0.15) is 18.3 Å². The molecule has 10 nitrogen and oxygen atoms in total. The van der Waals surface area contributed by atoms with Crippen LogP contribution >= 0.6 is 27.4 Å². The van der Waals surface area contributed by atoms with Crippen LogP contribution in [0.4, 0.5) is 13.2 Å². The molecule has 16 heteroatoms. The Morgan fingerprint density at radius 2 is 1.90 bits per heavy atom. The standard InChI is InChI=1S/C24H33F3NO9P2S/c1-13-8-15-16-10-18(26)17-9-14(29)4-5-23(17,3)24(16,27)19(11-22(15,2)20(13)21(30)40-12-25)36-39(33,34)37-38(31,32)35-7-6-28/h4-5,9,13,15-16,18-19H,6-8,10-12,28H2,1-3H3,(H,31,32)(H,33,34)/t13-,15+,16+,18+,19+,22-,23+,24+/m1/s1. The van der Waals surface area contributed by atoms with E-state index in [1.54, 1.807) is 13.8 Å². The summed E-state index contributed by atoms with van der Waals surface area (Å²) in [7, 11) is -10.7. The lowest BCUT2D eigenvalue weighted by Crippen LogP contribution is -2.68. The summed E-state index contributed by atoms with van der Waals surface area (Å²) in [5.41, 5.74) is -0.592. The van der Waals surface area contributed by atoms with E-state index in [0.29, 0.717) is 11.8 Å². The lowest BCUT2D eigenvalue weighted by atomic mass is 9.45. The van der Waals surface area contributed by atoms with E-state index < -0.39 is 98.5 Å². The third-order valence-corrected chi connectivity index (χ3v) is 12.2. The summed E-state index contributed by atoms with van der Waals surface area (Å²) < 4.78 is 86.4. The van der Waals surface area contributed by atoms with Crippen molar-refractivity contribution in [2.24, 2.45) is 34.3 Å². The topological polar surface area (TPSA) is 162 Å². The average molecular weight is 631 g/mol. The van der Waals surface area contributed by atoms with E-state index >= 15 is 8.78 Å². The van der Waals surface area contributed by atoms with Crippen molar-refractivity contribution in [3.8, 4) is 0 Å². The molecule has 0 bridgehead atoms. The normalized spacial score (nSPS) is 42.3. The Hall–Kier alpha value is -0.820. The molecule has 0 aliphatic heterocycles. The zero-order valence-corrected chi connectivity index (χ0v) is 24.7. The SMILES string of the molecule is C[C@@H]1C[C@H]2[C@@H]3C[C@H](F)C4=CC(=O)C=C[C@]4(C)[C@@]3(F)[C@@H](OP(=O)(O)OP(=O)(O)OCCN)C[C@@]2(C)[C]1C(=O)SCF. The van der Waals surface area contributed by atoms with Crippen LogP contribution in [0.2, 0.25) is 0 Å². The van der Waals surface area contributed by atoms with Gasteiger partial charge in [-0.15, -0.1) is 0 Å². The molecule has 0 amide bonds. The number of carbonyl (C=O) groups is 2. The van der Waals surface area contributed by atoms with Gasteiger partial charge in [-0.25, -0.2) is 22.3 Å². The van der Waals surface area contributed by atoms with Gasteiger partial charge in [0.2, 0.25) is 0 Å². The molecule has 0 aromatic heterocycles. The highest BCUT2D eigenvalue weighted by Gasteiger charge is 2.74. The number of nitrogens with two attached hydrogens (primary N) is 1. The molecule has 225 valence electrons. The highest BCUT2D eigenvalue weighted by molar-refractivity contribution is 8.13. The van der Waals surface area contributed by atoms with E-state index in [1.165, 1.54) is 13.0 Å². The van der Waals surface area contributed by atoms with Gasteiger partial charge in [-0.3, -0.25) is 18.6 Å². The first-order chi connectivity index (χ1) is 18.5. The second-order valence-corrected chi connectivity index (χ2v) is 15.0. The van der Waals surface area contributed by atoms with Crippen molar-refractivity contribution >= 4 is 38.3 Å². The third kappa shape index (κ3) is 5.26. The number of hydrogen-bond donors (Lipinski definition) is 3. The zero-order chi connectivity index (χ0) is 29.9. The van der Waals surface area contributed by atoms with Crippen LogP contribution in [0, 0.1) is 34.5 Å². The summed E-state index contributed by atoms with van der Waals surface area (Å²) in [4.78, 5) is 45.6. The van der Waals surface area contributed by atoms with Crippen LogP contribution < -0.4 is 5.73 Å². The first kappa shape index (κ1) is 32.1. The quantitative estimate of drug-likeness (QED) is 0.307. The van der Waals surface area contributed by atoms with Crippen LogP contribution in [0.3, 0.4) is 0 Å². The number of fused-ring (bicyclic) bond motifs is 5. The Morgan fingerprint density at radius 1 is 1.23 bits per heavy atom. The van der Waals surface area contributed by atoms with E-state index in [1.807, 2.05) is 0 Å². The highest BCUT2D eigenvalue weighted by atomic mass is 32.2. The fourth-order valence-corrected chi connectivity index (χ4v) is 10.5. The van der Waals surface area contributed by atoms with E-state index in [-0.39, 0.29) is 24.5 Å². The summed E-state index contributed by atoms with van der Waals surface area (Å²) in [6, 6.07) is -1.00. The predicted octanol–water partition coefficient (Wildman–Crippen LogP) is 4.53. The van der Waals surface area contributed by atoms with Crippen molar-refractivity contribution in [2.75, 3.05) is 19.2 Å². The Morgan fingerprint density at radius 3 is 2.52 bits per heavy atom. The van der Waals surface area contributed by atoms with Crippen molar-refractivity contribution in [2.45, 2.75) is 58.0 Å². The summed E-state index contributed by atoms with van der Waals surface area (Å²) in [6.45, 7) is 4.00. The molecule has 4 N–H and O–H groups in total. The molecule has 4 rings (SSSR count). The number of alkyl halides is 3. The maximum absolute atomic E-state index is 18.0. The largest absolute Gasteiger partial charge is 0.481 e. The van der Waals surface area contributed by atoms with Gasteiger partial charge in [0.05, 0.1) is 12.5 Å². The van der Waals surface area contributed by atoms with Gasteiger partial charge < -0.3 is 15.5 Å². The lowest BCUT2D eigenvalue weighted by molar-refractivity contribution is -0.189. The van der Waals surface area contributed by atoms with Gasteiger partial charge in [0, 0.05) is 17.9 Å². The van der Waals surface area contributed by atoms with Gasteiger partial charge in [-0.05, 0) is 61.2 Å². The number of phosphoric ester groups is 2. The first-order valence-corrected chi connectivity index (χ1v) is 16.7. The number of halogens is 3. The minimum atomic E-state index is -5.55. The third-order valence-electron chi connectivity index (χ3n) is 8.95. The second kappa shape index (κ2) is 11.0. The summed E-state index contributed by atoms with van der Waals surface area (Å²) >= 11 is 0.429. The first-order valence-electron chi connectivity index (χ1n) is 12.7. The number of rotatable bonds is 9. The van der Waals surface area contributed by atoms with Crippen molar-refractivity contribution in [1.29, 1.82) is 0 Å². The maximum atomic E-state index is 18.0. The Kier molecular flexibility index (Phi) is 8.85. The molecule has 3 fully saturated rings. The van der Waals surface area contributed by atoms with Crippen molar-refractivity contribution in [1.82, 2.24) is 0 Å². The summed E-state index contributed by atoms with van der Waals surface area (Å²) in [6.07, 6.45) is -0.892. The number of hydrogen-bond acceptors (Lipinski definition) is 9. The molecule has 0 aromatic rings. The van der Waals surface area contributed by atoms with E-state index in [9.17, 15) is 32.9 Å². The zero-order valence-electron chi connectivity index (χ0n) is 22.1. The van der Waals surface area contributed by atoms with E-state index in [2.05, 4.69) is 8.83 Å². The minimum absolute atomic E-state index is 0.164. The average Bonchev–Trinajstić information content (AvgIpc) is 3.10. The molecule has 10 atom stereocenters. The highest BCUT2D eigenvalue weighted by Crippen LogP contribution is 2.73. The van der Waals surface area contributed by atoms with Crippen LogP contribution in [-0.2, 0) is 32.1 Å². The molecular weight excluding hydrogens is 597 g/mol. The number of allylic oxidation sites excluding steroid dienone is 4. The number of carbonyl (C=O) groups excluding carboxylic acids is 2. The molecule has 0 aromatic carbocycles. The molecular formula is C24H33F3NO9P2S. The molecule has 4 aliphatic rings. The predicted molar refractivity (Wildman–Crippen MR) is 140 cm³/mol. The number of thioether (sulfide) groups is 1. The molecule has 3 saturated carbocycles. The van der Waals surface area contributed by atoms with Crippen LogP contribution in [0.5, 0.6) is 0 Å². The van der Waals surface area contributed by atoms with Crippen molar-refractivity contribution in [3.05, 3.63) is 29.7 Å². The summed E-state index contributed by atoms with van der Waals surface area (Å²) in [5, 5.41) is -0.564. The monoisotopic (exact) mass is 630 g/mol. The van der Waals surface area contributed by atoms with Crippen LogP contribution in [0.25, 0.3) is 0 Å². The van der Waals surface area contributed by atoms with Gasteiger partial charge in [0.15, 0.2) is 16.6 Å². The van der Waals surface area contributed by atoms with Gasteiger partial charge in [0.25, 0.3) is 0 Å². The van der Waals surface area contributed by atoms with Gasteiger partial charge in [-0.1, -0.05) is 31.7 Å². The Bertz CT molecular complexity index is 1220. The fraction of sp³-hybridized carbons (Fsp3) is 0.708. The molecule has 0 spiro atoms. The Labute approximate surface area is 234 Å². The van der Waals surface area contributed by atoms with Crippen LogP contribution in [-0.4, -0.2) is 57.8 Å². The fourth-order valence-electron chi connectivity index (χ4n) is 7.50. The molecule has 2 unspecified atom stereocenters. The smallest absolute Gasteiger partial charge is 0.328 e. The van der Waals surface area contributed by atoms with Crippen molar-refractivity contribution < 1.29 is 55.0 Å². The van der Waals surface area contributed by atoms with Crippen molar-refractivity contribution in [3.63, 3.8) is 0 Å². The molecule has 40 heavy (non-hydrogen) atoms. The molecule has 1 radical (unpaired) electrons. The molecule has 0 saturated heterocycles. The number of phosphoric acid groups is 2. The van der Waals surface area contributed by atoms with Gasteiger partial charge in [-0.2, -0.15) is 4.31 Å². The van der Waals surface area contributed by atoms with Gasteiger partial charge >= 0.3 is 15.6 Å². The maximum Gasteiger partial charge on any atom is 0.481 e. The molecule has 0 heterocycles. The van der Waals surface area contributed by atoms with E-state index in [0.717, 1.165) is 12.2 Å². The second-order valence-electron chi connectivity index (χ2n) is 11.2. The lowest BCUT2D eigenvalue weighted by Gasteiger charge is -2.62. The minimum Gasteiger partial charge on any atom is -0.328 e. The van der Waals surface area contributed by atoms with Crippen LogP contribution in [0.15, 0.2) is 23.8 Å². The number of ketones is 1. The Balaban J connectivity index is 1.83. The van der Waals surface area contributed by atoms with Crippen LogP contribution in [0.1, 0.15) is 40.0 Å². The summed E-state index contributed by atoms with van der Waals surface area (Å²) in [5.74, 6) is -2.55.